The minimum Gasteiger partial charge on any atom is -0.449 e. The number of urea groups is 1. The number of amides is 3. The third-order valence-electron chi connectivity index (χ3n) is 3.46. The van der Waals surface area contributed by atoms with Crippen LogP contribution in [0.25, 0.3) is 0 Å². The number of ether oxygens (including phenoxy) is 1. The van der Waals surface area contributed by atoms with Crippen molar-refractivity contribution in [3.8, 4) is 0 Å². The number of imide groups is 1. The summed E-state index contributed by atoms with van der Waals surface area (Å²) in [5.41, 5.74) is -0.241. The molecular formula is C17H23N3O6S. The maximum Gasteiger partial charge on any atom is 0.339 e. The maximum absolute atomic E-state index is 12.2. The highest BCUT2D eigenvalue weighted by molar-refractivity contribution is 7.99. The third kappa shape index (κ3) is 7.26. The molecular weight excluding hydrogens is 374 g/mol. The first-order valence-electron chi connectivity index (χ1n) is 8.30. The Morgan fingerprint density at radius 1 is 1.26 bits per heavy atom. The fraction of sp³-hybridized carbons (Fsp3) is 0.471. The molecule has 9 nitrogen and oxygen atoms in total. The van der Waals surface area contributed by atoms with Crippen LogP contribution in [0.4, 0.5) is 10.5 Å². The average Bonchev–Trinajstić information content (AvgIpc) is 2.60. The Hall–Kier alpha value is -2.62. The van der Waals surface area contributed by atoms with E-state index in [0.29, 0.717) is 10.8 Å². The molecule has 0 bridgehead atoms. The van der Waals surface area contributed by atoms with Gasteiger partial charge in [0, 0.05) is 13.1 Å². The number of rotatable bonds is 8. The SMILES string of the molecule is CNC(=O)NC(=O)[C@H](C)OC(=O)c1ccc(SCCC(C)C)c([N+](=O)[O-])c1. The minimum absolute atomic E-state index is 0.0468. The van der Waals surface area contributed by atoms with Crippen LogP contribution in [0.5, 0.6) is 0 Å². The number of nitro groups is 1. The summed E-state index contributed by atoms with van der Waals surface area (Å²) >= 11 is 1.35. The van der Waals surface area contributed by atoms with E-state index in [0.717, 1.165) is 18.2 Å². The van der Waals surface area contributed by atoms with Gasteiger partial charge in [0.1, 0.15) is 0 Å². The van der Waals surface area contributed by atoms with Gasteiger partial charge in [-0.3, -0.25) is 20.2 Å². The van der Waals surface area contributed by atoms with E-state index in [1.807, 2.05) is 5.32 Å². The number of carbonyl (C=O) groups is 3. The van der Waals surface area contributed by atoms with E-state index >= 15 is 0 Å². The van der Waals surface area contributed by atoms with Gasteiger partial charge in [0.05, 0.1) is 15.4 Å². The molecule has 0 unspecified atom stereocenters. The molecule has 1 rings (SSSR count). The summed E-state index contributed by atoms with van der Waals surface area (Å²) < 4.78 is 4.97. The number of esters is 1. The van der Waals surface area contributed by atoms with Crippen molar-refractivity contribution in [2.45, 2.75) is 38.2 Å². The monoisotopic (exact) mass is 397 g/mol. The number of thioether (sulfide) groups is 1. The Kier molecular flexibility index (Phi) is 8.73. The molecule has 0 aliphatic carbocycles. The second-order valence-electron chi connectivity index (χ2n) is 6.09. The van der Waals surface area contributed by atoms with Crippen LogP contribution in [0.2, 0.25) is 0 Å². The van der Waals surface area contributed by atoms with Crippen LogP contribution >= 0.6 is 11.8 Å². The third-order valence-corrected chi connectivity index (χ3v) is 4.56. The fourth-order valence-corrected chi connectivity index (χ4v) is 3.13. The zero-order valence-corrected chi connectivity index (χ0v) is 16.4. The Morgan fingerprint density at radius 3 is 2.48 bits per heavy atom. The Bertz CT molecular complexity index is 723. The highest BCUT2D eigenvalue weighted by Gasteiger charge is 2.23. The smallest absolute Gasteiger partial charge is 0.339 e. The van der Waals surface area contributed by atoms with Crippen LogP contribution in [0.15, 0.2) is 23.1 Å². The lowest BCUT2D eigenvalue weighted by molar-refractivity contribution is -0.387. The second-order valence-corrected chi connectivity index (χ2v) is 7.22. The zero-order valence-electron chi connectivity index (χ0n) is 15.6. The summed E-state index contributed by atoms with van der Waals surface area (Å²) in [4.78, 5) is 46.2. The Balaban J connectivity index is 2.85. The molecule has 3 amide bonds. The summed E-state index contributed by atoms with van der Waals surface area (Å²) in [5, 5.41) is 15.5. The number of nitrogens with zero attached hydrogens (tertiary/aromatic N) is 1. The standard InChI is InChI=1S/C17H23N3O6S/c1-10(2)7-8-27-14-6-5-12(9-13(14)20(24)25)16(22)26-11(3)15(21)19-17(23)18-4/h5-6,9-11H,7-8H2,1-4H3,(H2,18,19,21,23)/t11-/m0/s1. The quantitative estimate of drug-likeness (QED) is 0.299. The molecule has 0 radical (unpaired) electrons. The van der Waals surface area contributed by atoms with Gasteiger partial charge in [-0.15, -0.1) is 11.8 Å². The molecule has 2 N–H and O–H groups in total. The van der Waals surface area contributed by atoms with Gasteiger partial charge in [-0.1, -0.05) is 13.8 Å². The van der Waals surface area contributed by atoms with Crippen LogP contribution in [0, 0.1) is 16.0 Å². The van der Waals surface area contributed by atoms with Crippen LogP contribution in [-0.4, -0.2) is 41.7 Å². The summed E-state index contributed by atoms with van der Waals surface area (Å²) in [6.07, 6.45) is -0.335. The maximum atomic E-state index is 12.2. The van der Waals surface area contributed by atoms with E-state index in [9.17, 15) is 24.5 Å². The van der Waals surface area contributed by atoms with Crippen molar-refractivity contribution >= 4 is 35.4 Å². The van der Waals surface area contributed by atoms with Gasteiger partial charge in [0.2, 0.25) is 0 Å². The van der Waals surface area contributed by atoms with Crippen molar-refractivity contribution in [3.05, 3.63) is 33.9 Å². The van der Waals surface area contributed by atoms with Gasteiger partial charge in [-0.2, -0.15) is 0 Å². The van der Waals surface area contributed by atoms with Crippen LogP contribution < -0.4 is 10.6 Å². The Labute approximate surface area is 161 Å². The molecule has 0 aromatic heterocycles. The average molecular weight is 397 g/mol. The topological polar surface area (TPSA) is 128 Å². The van der Waals surface area contributed by atoms with E-state index in [4.69, 9.17) is 4.74 Å². The zero-order chi connectivity index (χ0) is 20.6. The van der Waals surface area contributed by atoms with Crippen LogP contribution in [0.3, 0.4) is 0 Å². The van der Waals surface area contributed by atoms with Crippen molar-refractivity contribution in [1.29, 1.82) is 0 Å². The number of carbonyl (C=O) groups excluding carboxylic acids is 3. The molecule has 0 saturated heterocycles. The highest BCUT2D eigenvalue weighted by Crippen LogP contribution is 2.31. The van der Waals surface area contributed by atoms with E-state index in [1.54, 1.807) is 0 Å². The molecule has 0 saturated carbocycles. The van der Waals surface area contributed by atoms with Crippen molar-refractivity contribution in [2.24, 2.45) is 5.92 Å². The molecule has 0 fully saturated rings. The lowest BCUT2D eigenvalue weighted by atomic mass is 10.2. The Morgan fingerprint density at radius 2 is 1.93 bits per heavy atom. The largest absolute Gasteiger partial charge is 0.449 e. The van der Waals surface area contributed by atoms with Crippen molar-refractivity contribution in [2.75, 3.05) is 12.8 Å². The van der Waals surface area contributed by atoms with E-state index < -0.39 is 28.9 Å². The predicted octanol–water partition coefficient (Wildman–Crippen LogP) is 2.73. The van der Waals surface area contributed by atoms with Gasteiger partial charge < -0.3 is 10.1 Å². The van der Waals surface area contributed by atoms with Gasteiger partial charge >= 0.3 is 12.0 Å². The highest BCUT2D eigenvalue weighted by atomic mass is 32.2. The van der Waals surface area contributed by atoms with Gasteiger partial charge in [-0.05, 0) is 37.1 Å². The summed E-state index contributed by atoms with van der Waals surface area (Å²) in [6.45, 7) is 5.42. The first kappa shape index (κ1) is 22.4. The van der Waals surface area contributed by atoms with Crippen molar-refractivity contribution in [1.82, 2.24) is 10.6 Å². The molecule has 27 heavy (non-hydrogen) atoms. The second kappa shape index (κ2) is 10.5. The molecule has 1 aromatic carbocycles. The number of nitrogens with one attached hydrogen (secondary N) is 2. The lowest BCUT2D eigenvalue weighted by Gasteiger charge is -2.13. The van der Waals surface area contributed by atoms with E-state index in [-0.39, 0.29) is 11.3 Å². The lowest BCUT2D eigenvalue weighted by Crippen LogP contribution is -2.43. The molecule has 0 spiro atoms. The normalized spacial score (nSPS) is 11.6. The van der Waals surface area contributed by atoms with Gasteiger partial charge in [-0.25, -0.2) is 9.59 Å². The fourth-order valence-electron chi connectivity index (χ4n) is 1.87. The van der Waals surface area contributed by atoms with Gasteiger partial charge in [0.15, 0.2) is 6.10 Å². The minimum atomic E-state index is -1.24. The number of nitro benzene ring substituents is 1. The molecule has 1 atom stereocenters. The predicted molar refractivity (Wildman–Crippen MR) is 101 cm³/mol. The number of hydrogen-bond acceptors (Lipinski definition) is 7. The molecule has 1 aromatic rings. The molecule has 0 heterocycles. The van der Waals surface area contributed by atoms with Crippen molar-refractivity contribution in [3.63, 3.8) is 0 Å². The molecule has 0 aliphatic heterocycles. The van der Waals surface area contributed by atoms with Crippen LogP contribution in [-0.2, 0) is 9.53 Å². The van der Waals surface area contributed by atoms with E-state index in [1.165, 1.54) is 37.9 Å². The molecule has 148 valence electrons. The summed E-state index contributed by atoms with van der Waals surface area (Å²) in [6, 6.07) is 3.30. The number of benzene rings is 1. The van der Waals surface area contributed by atoms with Crippen LogP contribution in [0.1, 0.15) is 37.6 Å². The first-order valence-corrected chi connectivity index (χ1v) is 9.29. The van der Waals surface area contributed by atoms with Crippen molar-refractivity contribution < 1.29 is 24.0 Å². The summed E-state index contributed by atoms with van der Waals surface area (Å²) in [7, 11) is 1.33. The summed E-state index contributed by atoms with van der Waals surface area (Å²) in [5.74, 6) is -0.499. The molecule has 10 heteroatoms. The first-order chi connectivity index (χ1) is 12.6. The molecule has 0 aliphatic rings. The number of hydrogen-bond donors (Lipinski definition) is 2. The van der Waals surface area contributed by atoms with E-state index in [2.05, 4.69) is 19.2 Å². The van der Waals surface area contributed by atoms with Gasteiger partial charge in [0.25, 0.3) is 11.6 Å².